The van der Waals surface area contributed by atoms with Crippen LogP contribution in [-0.2, 0) is 6.54 Å². The van der Waals surface area contributed by atoms with Gasteiger partial charge in [-0.3, -0.25) is 4.99 Å². The summed E-state index contributed by atoms with van der Waals surface area (Å²) < 4.78 is 0. The lowest BCUT2D eigenvalue weighted by Gasteiger charge is -2.14. The van der Waals surface area contributed by atoms with Gasteiger partial charge < -0.3 is 10.2 Å². The molecule has 0 aliphatic carbocycles. The summed E-state index contributed by atoms with van der Waals surface area (Å²) >= 11 is 1.69. The fraction of sp³-hybridized carbons (Fsp3) is 0.556. The van der Waals surface area contributed by atoms with Crippen molar-refractivity contribution in [2.75, 3.05) is 20.1 Å². The molecular weight excluding hydrogens is 323 g/mol. The van der Waals surface area contributed by atoms with Gasteiger partial charge in [-0.15, -0.1) is 35.3 Å². The zero-order valence-corrected chi connectivity index (χ0v) is 12.0. The van der Waals surface area contributed by atoms with Gasteiger partial charge in [0.25, 0.3) is 0 Å². The Labute approximate surface area is 111 Å². The smallest absolute Gasteiger partial charge is 0.194 e. The number of aromatic nitrogens is 1. The van der Waals surface area contributed by atoms with Crippen LogP contribution in [0.4, 0.5) is 0 Å². The Hall–Kier alpha value is -0.370. The highest BCUT2D eigenvalue weighted by atomic mass is 127. The van der Waals surface area contributed by atoms with Crippen molar-refractivity contribution in [2.24, 2.45) is 4.99 Å². The van der Waals surface area contributed by atoms with Crippen LogP contribution < -0.4 is 5.32 Å². The number of thiazole rings is 1. The largest absolute Gasteiger partial charge is 0.351 e. The topological polar surface area (TPSA) is 40.5 Å². The van der Waals surface area contributed by atoms with Crippen LogP contribution in [0.15, 0.2) is 10.5 Å². The number of hydrogen-bond acceptors (Lipinski definition) is 5. The van der Waals surface area contributed by atoms with Crippen molar-refractivity contribution in [1.82, 2.24) is 15.2 Å². The minimum atomic E-state index is 0. The van der Waals surface area contributed by atoms with Crippen LogP contribution in [0.1, 0.15) is 10.6 Å². The molecule has 1 aromatic heterocycles. The maximum atomic E-state index is 4.36. The molecule has 0 bridgehead atoms. The highest BCUT2D eigenvalue weighted by Crippen LogP contribution is 2.11. The molecular formula is C9H15IN4S. The average Bonchev–Trinajstić information content (AvgIpc) is 2.72. The van der Waals surface area contributed by atoms with Gasteiger partial charge in [0.15, 0.2) is 5.96 Å². The van der Waals surface area contributed by atoms with Gasteiger partial charge in [-0.1, -0.05) is 0 Å². The number of nitrogens with zero attached hydrogens (tertiary/aromatic N) is 3. The fourth-order valence-electron chi connectivity index (χ4n) is 1.38. The molecule has 1 N–H and O–H groups in total. The molecule has 0 radical (unpaired) electrons. The van der Waals surface area contributed by atoms with Gasteiger partial charge >= 0.3 is 0 Å². The second-order valence-electron chi connectivity index (χ2n) is 3.34. The Morgan fingerprint density at radius 1 is 1.60 bits per heavy atom. The van der Waals surface area contributed by atoms with Gasteiger partial charge in [-0.05, 0) is 6.92 Å². The standard InChI is InChI=1S/C9H14N4S.HI/c1-7-8(14-6-12-7)5-11-9-10-3-4-13(9)2;/h6H,3-5H2,1-2H3,(H,10,11);1H. The monoisotopic (exact) mass is 338 g/mol. The molecule has 0 saturated carbocycles. The van der Waals surface area contributed by atoms with E-state index >= 15 is 0 Å². The first-order valence-corrected chi connectivity index (χ1v) is 5.54. The van der Waals surface area contributed by atoms with Crippen LogP contribution in [0.5, 0.6) is 0 Å². The maximum absolute atomic E-state index is 4.36. The van der Waals surface area contributed by atoms with Gasteiger partial charge in [0.05, 0.1) is 24.3 Å². The highest BCUT2D eigenvalue weighted by Gasteiger charge is 2.12. The molecule has 0 fully saturated rings. The van der Waals surface area contributed by atoms with Crippen molar-refractivity contribution in [1.29, 1.82) is 0 Å². The van der Waals surface area contributed by atoms with Gasteiger partial charge in [-0.25, -0.2) is 4.98 Å². The number of guanidine groups is 1. The highest BCUT2D eigenvalue weighted by molar-refractivity contribution is 14.0. The van der Waals surface area contributed by atoms with Gasteiger partial charge in [-0.2, -0.15) is 0 Å². The van der Waals surface area contributed by atoms with Crippen molar-refractivity contribution < 1.29 is 0 Å². The molecule has 1 aliphatic heterocycles. The number of hydrogen-bond donors (Lipinski definition) is 1. The van der Waals surface area contributed by atoms with E-state index in [0.717, 1.165) is 31.3 Å². The minimum Gasteiger partial charge on any atom is -0.351 e. The van der Waals surface area contributed by atoms with E-state index in [0.29, 0.717) is 0 Å². The number of halogens is 1. The minimum absolute atomic E-state index is 0. The molecule has 0 saturated heterocycles. The Morgan fingerprint density at radius 2 is 2.40 bits per heavy atom. The molecule has 0 atom stereocenters. The van der Waals surface area contributed by atoms with E-state index in [4.69, 9.17) is 0 Å². The van der Waals surface area contributed by atoms with Crippen LogP contribution in [0.2, 0.25) is 0 Å². The SMILES string of the molecule is Cc1ncsc1CNC1=NCCN1C.I. The molecule has 0 unspecified atom stereocenters. The Balaban J connectivity index is 0.00000112. The number of aliphatic imine (C=N–C) groups is 1. The molecule has 0 amide bonds. The van der Waals surface area contributed by atoms with E-state index < -0.39 is 0 Å². The van der Waals surface area contributed by atoms with Gasteiger partial charge in [0.2, 0.25) is 0 Å². The van der Waals surface area contributed by atoms with E-state index in [2.05, 4.69) is 27.2 Å². The first-order chi connectivity index (χ1) is 6.77. The van der Waals surface area contributed by atoms with Crippen LogP contribution in [-0.4, -0.2) is 36.0 Å². The average molecular weight is 338 g/mol. The maximum Gasteiger partial charge on any atom is 0.194 e. The van der Waals surface area contributed by atoms with Gasteiger partial charge in [0, 0.05) is 18.5 Å². The van der Waals surface area contributed by atoms with Crippen LogP contribution in [0, 0.1) is 6.92 Å². The first-order valence-electron chi connectivity index (χ1n) is 4.66. The summed E-state index contributed by atoms with van der Waals surface area (Å²) in [5, 5.41) is 3.32. The fourth-order valence-corrected chi connectivity index (χ4v) is 2.10. The molecule has 6 heteroatoms. The second-order valence-corrected chi connectivity index (χ2v) is 4.28. The van der Waals surface area contributed by atoms with Crippen molar-refractivity contribution in [2.45, 2.75) is 13.5 Å². The number of rotatable bonds is 2. The molecule has 2 heterocycles. The lowest BCUT2D eigenvalue weighted by Crippen LogP contribution is -2.35. The van der Waals surface area contributed by atoms with Crippen LogP contribution in [0.3, 0.4) is 0 Å². The summed E-state index contributed by atoms with van der Waals surface area (Å²) in [6, 6.07) is 0. The third-order valence-corrected chi connectivity index (χ3v) is 3.25. The molecule has 1 aliphatic rings. The van der Waals surface area contributed by atoms with E-state index in [-0.39, 0.29) is 24.0 Å². The number of aryl methyl sites for hydroxylation is 1. The molecule has 15 heavy (non-hydrogen) atoms. The first kappa shape index (κ1) is 12.7. The van der Waals surface area contributed by atoms with E-state index in [9.17, 15) is 0 Å². The summed E-state index contributed by atoms with van der Waals surface area (Å²) in [5.74, 6) is 0.998. The van der Waals surface area contributed by atoms with Crippen molar-refractivity contribution >= 4 is 41.3 Å². The third kappa shape index (κ3) is 3.04. The molecule has 4 nitrogen and oxygen atoms in total. The Kier molecular flexibility index (Phi) is 4.78. The second kappa shape index (κ2) is 5.64. The van der Waals surface area contributed by atoms with Crippen LogP contribution in [0.25, 0.3) is 0 Å². The van der Waals surface area contributed by atoms with Crippen molar-refractivity contribution in [3.8, 4) is 0 Å². The predicted molar refractivity (Wildman–Crippen MR) is 74.0 cm³/mol. The molecule has 84 valence electrons. The van der Waals surface area contributed by atoms with E-state index in [1.54, 1.807) is 11.3 Å². The van der Waals surface area contributed by atoms with E-state index in [1.165, 1.54) is 4.88 Å². The molecule has 1 aromatic rings. The predicted octanol–water partition coefficient (Wildman–Crippen LogP) is 1.46. The summed E-state index contributed by atoms with van der Waals surface area (Å²) in [4.78, 5) is 12.0. The summed E-state index contributed by atoms with van der Waals surface area (Å²) in [7, 11) is 2.05. The van der Waals surface area contributed by atoms with Crippen LogP contribution >= 0.6 is 35.3 Å². The third-order valence-electron chi connectivity index (χ3n) is 2.31. The number of nitrogens with one attached hydrogen (secondary N) is 1. The zero-order valence-electron chi connectivity index (χ0n) is 8.86. The molecule has 0 spiro atoms. The number of likely N-dealkylation sites (N-methyl/N-ethyl adjacent to an activating group) is 1. The zero-order chi connectivity index (χ0) is 9.97. The van der Waals surface area contributed by atoms with Crippen molar-refractivity contribution in [3.05, 3.63) is 16.1 Å². The Morgan fingerprint density at radius 3 is 2.93 bits per heavy atom. The molecule has 2 rings (SSSR count). The lowest BCUT2D eigenvalue weighted by molar-refractivity contribution is 0.534. The lowest BCUT2D eigenvalue weighted by atomic mass is 10.4. The quantitative estimate of drug-likeness (QED) is 0.830. The Bertz CT molecular complexity index is 350. The normalized spacial score (nSPS) is 14.8. The van der Waals surface area contributed by atoms with Crippen molar-refractivity contribution in [3.63, 3.8) is 0 Å². The molecule has 0 aromatic carbocycles. The summed E-state index contributed by atoms with van der Waals surface area (Å²) in [5.41, 5.74) is 3.00. The summed E-state index contributed by atoms with van der Waals surface area (Å²) in [6.45, 7) is 4.79. The van der Waals surface area contributed by atoms with E-state index in [1.807, 2.05) is 12.4 Å². The summed E-state index contributed by atoms with van der Waals surface area (Å²) in [6.07, 6.45) is 0. The van der Waals surface area contributed by atoms with Gasteiger partial charge in [0.1, 0.15) is 0 Å².